The third kappa shape index (κ3) is 9.23. The second kappa shape index (κ2) is 13.5. The Hall–Kier alpha value is -0.840. The number of nitrogens with one attached hydrogen (secondary N) is 2. The summed E-state index contributed by atoms with van der Waals surface area (Å²) in [4.78, 5) is 0. The lowest BCUT2D eigenvalue weighted by atomic mass is 9.85. The number of rotatable bonds is 14. The van der Waals surface area contributed by atoms with E-state index in [4.69, 9.17) is 0 Å². The van der Waals surface area contributed by atoms with Crippen LogP contribution in [0.5, 0.6) is 0 Å². The molecule has 1 aliphatic rings. The fourth-order valence-corrected chi connectivity index (χ4v) is 6.22. The molecule has 2 N–H and O–H groups in total. The Morgan fingerprint density at radius 1 is 1.21 bits per heavy atom. The van der Waals surface area contributed by atoms with Gasteiger partial charge in [0.2, 0.25) is 0 Å². The van der Waals surface area contributed by atoms with Crippen molar-refractivity contribution in [2.45, 2.75) is 52.5 Å². The molecule has 162 valence electrons. The normalized spacial score (nSPS) is 17.1. The third-order valence-corrected chi connectivity index (χ3v) is 8.22. The maximum Gasteiger partial charge on any atom is 0.0361 e. The van der Waals surface area contributed by atoms with Gasteiger partial charge >= 0.3 is 0 Å². The van der Waals surface area contributed by atoms with Crippen molar-refractivity contribution in [3.05, 3.63) is 58.5 Å². The first-order valence-corrected chi connectivity index (χ1v) is 13.1. The van der Waals surface area contributed by atoms with E-state index in [1.165, 1.54) is 39.8 Å². The van der Waals surface area contributed by atoms with Crippen molar-refractivity contribution in [3.63, 3.8) is 0 Å². The van der Waals surface area contributed by atoms with Gasteiger partial charge in [-0.2, -0.15) is 0 Å². The zero-order valence-electron chi connectivity index (χ0n) is 18.7. The van der Waals surface area contributed by atoms with Crippen molar-refractivity contribution in [2.24, 2.45) is 17.8 Å². The predicted molar refractivity (Wildman–Crippen MR) is 134 cm³/mol. The molecule has 2 rings (SSSR count). The van der Waals surface area contributed by atoms with Gasteiger partial charge in [0, 0.05) is 33.4 Å². The average molecular weight is 433 g/mol. The fourth-order valence-electron chi connectivity index (χ4n) is 3.86. The van der Waals surface area contributed by atoms with Crippen molar-refractivity contribution in [3.8, 4) is 0 Å². The number of benzene rings is 1. The molecule has 1 aromatic carbocycles. The van der Waals surface area contributed by atoms with Gasteiger partial charge in [0.15, 0.2) is 0 Å². The molecule has 0 amide bonds. The van der Waals surface area contributed by atoms with Crippen LogP contribution in [-0.4, -0.2) is 31.1 Å². The molecule has 3 atom stereocenters. The monoisotopic (exact) mass is 432 g/mol. The van der Waals surface area contributed by atoms with E-state index >= 15 is 0 Å². The predicted octanol–water partition coefficient (Wildman–Crippen LogP) is 6.32. The van der Waals surface area contributed by atoms with Crippen LogP contribution in [0, 0.1) is 17.8 Å². The van der Waals surface area contributed by atoms with Crippen LogP contribution in [0.3, 0.4) is 0 Å². The van der Waals surface area contributed by atoms with Crippen LogP contribution in [0.25, 0.3) is 0 Å². The van der Waals surface area contributed by atoms with Crippen LogP contribution < -0.4 is 10.6 Å². The Labute approximate surface area is 187 Å². The minimum absolute atomic E-state index is 0.417. The van der Waals surface area contributed by atoms with Gasteiger partial charge in [0.05, 0.1) is 0 Å². The molecule has 0 saturated heterocycles. The molecular weight excluding hydrogens is 392 g/mol. The zero-order valence-corrected chi connectivity index (χ0v) is 20.4. The van der Waals surface area contributed by atoms with Crippen LogP contribution in [-0.2, 0) is 6.42 Å². The van der Waals surface area contributed by atoms with Gasteiger partial charge in [0.25, 0.3) is 0 Å². The van der Waals surface area contributed by atoms with Gasteiger partial charge in [-0.1, -0.05) is 63.8 Å². The zero-order chi connectivity index (χ0) is 21.1. The van der Waals surface area contributed by atoms with E-state index in [-0.39, 0.29) is 0 Å². The van der Waals surface area contributed by atoms with Crippen molar-refractivity contribution >= 4 is 23.5 Å². The highest BCUT2D eigenvalue weighted by atomic mass is 32.2. The first-order chi connectivity index (χ1) is 14.0. The minimum atomic E-state index is 0.417. The maximum atomic E-state index is 4.54. The summed E-state index contributed by atoms with van der Waals surface area (Å²) in [5, 5.41) is 7.16. The summed E-state index contributed by atoms with van der Waals surface area (Å²) in [5.41, 5.74) is 2.63. The van der Waals surface area contributed by atoms with Crippen LogP contribution in [0.4, 0.5) is 0 Å². The molecule has 0 fully saturated rings. The van der Waals surface area contributed by atoms with E-state index in [1.807, 2.05) is 30.6 Å². The molecule has 1 heterocycles. The number of thioether (sulfide) groups is 2. The second-order valence-corrected chi connectivity index (χ2v) is 11.1. The van der Waals surface area contributed by atoms with E-state index in [0.717, 1.165) is 19.4 Å². The molecule has 1 aliphatic heterocycles. The summed E-state index contributed by atoms with van der Waals surface area (Å²) in [5.74, 6) is 4.24. The van der Waals surface area contributed by atoms with Crippen molar-refractivity contribution in [2.75, 3.05) is 25.1 Å². The number of hydrogen-bond donors (Lipinski definition) is 2. The number of hydrogen-bond acceptors (Lipinski definition) is 4. The van der Waals surface area contributed by atoms with E-state index in [9.17, 15) is 0 Å². The van der Waals surface area contributed by atoms with Crippen LogP contribution in [0.2, 0.25) is 0 Å². The molecule has 0 bridgehead atoms. The van der Waals surface area contributed by atoms with Crippen LogP contribution in [0.1, 0.15) is 45.6 Å². The second-order valence-electron chi connectivity index (χ2n) is 8.63. The van der Waals surface area contributed by atoms with E-state index < -0.39 is 0 Å². The van der Waals surface area contributed by atoms with Crippen molar-refractivity contribution in [1.82, 2.24) is 10.6 Å². The molecule has 0 saturated carbocycles. The lowest BCUT2D eigenvalue weighted by Crippen LogP contribution is -2.37. The van der Waals surface area contributed by atoms with Crippen LogP contribution >= 0.6 is 23.5 Å². The highest BCUT2D eigenvalue weighted by Crippen LogP contribution is 2.38. The summed E-state index contributed by atoms with van der Waals surface area (Å²) < 4.78 is 1.52. The van der Waals surface area contributed by atoms with E-state index in [2.05, 4.69) is 74.4 Å². The highest BCUT2D eigenvalue weighted by Gasteiger charge is 2.24. The van der Waals surface area contributed by atoms with Crippen molar-refractivity contribution in [1.29, 1.82) is 0 Å². The summed E-state index contributed by atoms with van der Waals surface area (Å²) in [6.07, 6.45) is 6.98. The first-order valence-electron chi connectivity index (χ1n) is 11.1. The Morgan fingerprint density at radius 2 is 1.97 bits per heavy atom. The van der Waals surface area contributed by atoms with Gasteiger partial charge in [-0.3, -0.25) is 0 Å². The van der Waals surface area contributed by atoms with E-state index in [1.54, 1.807) is 0 Å². The summed E-state index contributed by atoms with van der Waals surface area (Å²) in [6, 6.07) is 11.2. The van der Waals surface area contributed by atoms with E-state index in [0.29, 0.717) is 23.8 Å². The molecule has 1 aromatic rings. The third-order valence-electron chi connectivity index (χ3n) is 5.48. The fraction of sp³-hybridized carbons (Fsp3) is 0.600. The molecule has 0 aliphatic carbocycles. The molecule has 0 spiro atoms. The Bertz CT molecular complexity index is 627. The molecule has 4 heteroatoms. The molecule has 0 radical (unpaired) electrons. The largest absolute Gasteiger partial charge is 0.385 e. The molecule has 2 nitrogen and oxygen atoms in total. The molecular formula is C25H40N2S2. The Kier molecular flexibility index (Phi) is 11.3. The standard InChI is InChI=1S/C25H40N2S2/c1-19(2)16-24(20(3)18-29-25-12-9-15-28-25)21(4)27-23(13-14-26-5)17-22-10-7-6-8-11-22/h6-8,10-12,19-20,23-24,26-27H,4,9,13-18H2,1-3,5H3. The van der Waals surface area contributed by atoms with Crippen LogP contribution in [0.15, 0.2) is 52.9 Å². The van der Waals surface area contributed by atoms with Gasteiger partial charge in [-0.25, -0.2) is 0 Å². The average Bonchev–Trinajstić information content (AvgIpc) is 3.22. The molecule has 0 aromatic heterocycles. The van der Waals surface area contributed by atoms with Gasteiger partial charge < -0.3 is 10.6 Å². The van der Waals surface area contributed by atoms with Gasteiger partial charge in [0.1, 0.15) is 0 Å². The Morgan fingerprint density at radius 3 is 2.59 bits per heavy atom. The maximum absolute atomic E-state index is 4.54. The lowest BCUT2D eigenvalue weighted by molar-refractivity contribution is 0.339. The lowest BCUT2D eigenvalue weighted by Gasteiger charge is -2.31. The topological polar surface area (TPSA) is 24.1 Å². The highest BCUT2D eigenvalue weighted by molar-refractivity contribution is 8.22. The van der Waals surface area contributed by atoms with Gasteiger partial charge in [-0.05, 0) is 56.7 Å². The summed E-state index contributed by atoms with van der Waals surface area (Å²) >= 11 is 4.06. The smallest absolute Gasteiger partial charge is 0.0361 e. The minimum Gasteiger partial charge on any atom is -0.385 e. The molecule has 29 heavy (non-hydrogen) atoms. The van der Waals surface area contributed by atoms with Gasteiger partial charge in [-0.15, -0.1) is 23.5 Å². The SMILES string of the molecule is C=C(NC(CCNC)Cc1ccccc1)C(CC(C)C)C(C)CSC1=CCCS1. The quantitative estimate of drug-likeness (QED) is 0.359. The first kappa shape index (κ1) is 24.4. The van der Waals surface area contributed by atoms with Crippen molar-refractivity contribution < 1.29 is 0 Å². The molecule has 3 unspecified atom stereocenters. The Balaban J connectivity index is 1.99. The summed E-state index contributed by atoms with van der Waals surface area (Å²) in [7, 11) is 2.03. The summed E-state index contributed by atoms with van der Waals surface area (Å²) in [6.45, 7) is 12.6. The number of allylic oxidation sites excluding steroid dienone is 2.